The third-order valence-electron chi connectivity index (χ3n) is 3.67. The van der Waals surface area contributed by atoms with E-state index in [-0.39, 0.29) is 0 Å². The molecule has 0 atom stereocenters. The predicted octanol–water partition coefficient (Wildman–Crippen LogP) is 5.26. The summed E-state index contributed by atoms with van der Waals surface area (Å²) in [6, 6.07) is 31.9. The Morgan fingerprint density at radius 2 is 1.45 bits per heavy atom. The van der Waals surface area contributed by atoms with Crippen LogP contribution in [0.5, 0.6) is 0 Å². The first-order chi connectivity index (χ1) is 9.92. The van der Waals surface area contributed by atoms with Crippen LogP contribution in [0.25, 0.3) is 32.7 Å². The fraction of sp³-hybridized carbons (Fsp3) is 0. The number of hydrogen-bond donors (Lipinski definition) is 0. The van der Waals surface area contributed by atoms with Gasteiger partial charge in [0.15, 0.2) is 0 Å². The van der Waals surface area contributed by atoms with Crippen molar-refractivity contribution in [3.05, 3.63) is 84.9 Å². The normalized spacial score (nSPS) is 11.0. The summed E-state index contributed by atoms with van der Waals surface area (Å²) < 4.78 is 0. The topological polar surface area (TPSA) is 0 Å². The summed E-state index contributed by atoms with van der Waals surface area (Å²) in [5, 5.41) is 4.84. The van der Waals surface area contributed by atoms with Gasteiger partial charge in [0.25, 0.3) is 0 Å². The summed E-state index contributed by atoms with van der Waals surface area (Å²) in [7, 11) is 0. The second kappa shape index (κ2) is 4.50. The van der Waals surface area contributed by atoms with Crippen molar-refractivity contribution in [1.29, 1.82) is 0 Å². The summed E-state index contributed by atoms with van der Waals surface area (Å²) in [5.74, 6) is 0. The highest BCUT2D eigenvalue weighted by Crippen LogP contribution is 2.29. The van der Waals surface area contributed by atoms with E-state index in [9.17, 15) is 0 Å². The van der Waals surface area contributed by atoms with Gasteiger partial charge >= 0.3 is 0 Å². The van der Waals surface area contributed by atoms with E-state index < -0.39 is 0 Å². The fourth-order valence-corrected chi connectivity index (χ4v) is 2.66. The van der Waals surface area contributed by atoms with Crippen molar-refractivity contribution in [3.63, 3.8) is 0 Å². The molecule has 4 aromatic rings. The van der Waals surface area contributed by atoms with Gasteiger partial charge in [-0.3, -0.25) is 0 Å². The molecule has 0 saturated heterocycles. The summed E-state index contributed by atoms with van der Waals surface area (Å²) in [6.07, 6.45) is 0. The van der Waals surface area contributed by atoms with E-state index in [1.165, 1.54) is 21.7 Å². The van der Waals surface area contributed by atoms with E-state index >= 15 is 0 Å². The van der Waals surface area contributed by atoms with Gasteiger partial charge in [0.1, 0.15) is 0 Å². The van der Waals surface area contributed by atoms with E-state index in [0.717, 1.165) is 10.9 Å². The van der Waals surface area contributed by atoms with Gasteiger partial charge in [-0.2, -0.15) is 0 Å². The van der Waals surface area contributed by atoms with Crippen molar-refractivity contribution in [2.24, 2.45) is 0 Å². The summed E-state index contributed by atoms with van der Waals surface area (Å²) in [5.41, 5.74) is 2.31. The Morgan fingerprint density at radius 1 is 0.650 bits per heavy atom. The van der Waals surface area contributed by atoms with Gasteiger partial charge in [0.05, 0.1) is 0 Å². The predicted molar refractivity (Wildman–Crippen MR) is 84.6 cm³/mol. The van der Waals surface area contributed by atoms with Crippen molar-refractivity contribution in [2.45, 2.75) is 0 Å². The maximum Gasteiger partial charge on any atom is -0.00264 e. The molecule has 0 bridgehead atoms. The third-order valence-corrected chi connectivity index (χ3v) is 3.67. The molecule has 4 aromatic carbocycles. The minimum atomic E-state index is 1.12. The van der Waals surface area contributed by atoms with Gasteiger partial charge in [-0.25, -0.2) is 0 Å². The van der Waals surface area contributed by atoms with Crippen LogP contribution < -0.4 is 0 Å². The Hall–Kier alpha value is -2.60. The zero-order valence-corrected chi connectivity index (χ0v) is 10.9. The average Bonchev–Trinajstić information content (AvgIpc) is 2.54. The lowest BCUT2D eigenvalue weighted by molar-refractivity contribution is 1.66. The van der Waals surface area contributed by atoms with E-state index in [0.29, 0.717) is 0 Å². The lowest BCUT2D eigenvalue weighted by atomic mass is 9.96. The van der Waals surface area contributed by atoms with Crippen molar-refractivity contribution in [2.75, 3.05) is 0 Å². The van der Waals surface area contributed by atoms with Crippen LogP contribution in [0.1, 0.15) is 0 Å². The molecule has 0 aromatic heterocycles. The molecule has 4 rings (SSSR count). The highest BCUT2D eigenvalue weighted by molar-refractivity contribution is 5.98. The Bertz CT molecular complexity index is 898. The number of rotatable bonds is 1. The van der Waals surface area contributed by atoms with Crippen LogP contribution >= 0.6 is 0 Å². The molecule has 0 N–H and O–H groups in total. The van der Waals surface area contributed by atoms with Crippen LogP contribution in [0.4, 0.5) is 0 Å². The van der Waals surface area contributed by atoms with Crippen LogP contribution in [0, 0.1) is 12.1 Å². The van der Waals surface area contributed by atoms with Gasteiger partial charge in [0.2, 0.25) is 0 Å². The highest BCUT2D eigenvalue weighted by Gasteiger charge is 2.04. The first kappa shape index (κ1) is 11.2. The smallest absolute Gasteiger partial charge is 0.00264 e. The lowest BCUT2D eigenvalue weighted by Gasteiger charge is -2.07. The molecule has 0 aliphatic rings. The first-order valence-corrected chi connectivity index (χ1v) is 6.72. The van der Waals surface area contributed by atoms with Crippen LogP contribution in [-0.2, 0) is 0 Å². The number of hydrogen-bond acceptors (Lipinski definition) is 0. The number of benzene rings is 4. The minimum Gasteiger partial charge on any atom is -0.0616 e. The van der Waals surface area contributed by atoms with E-state index in [1.54, 1.807) is 0 Å². The van der Waals surface area contributed by atoms with Gasteiger partial charge in [0, 0.05) is 0 Å². The molecule has 0 heteroatoms. The Kier molecular flexibility index (Phi) is 2.53. The zero-order chi connectivity index (χ0) is 13.4. The van der Waals surface area contributed by atoms with Crippen LogP contribution in [0.15, 0.2) is 72.8 Å². The molecule has 0 fully saturated rings. The summed E-state index contributed by atoms with van der Waals surface area (Å²) in [4.78, 5) is 0. The molecule has 0 saturated carbocycles. The highest BCUT2D eigenvalue weighted by atomic mass is 14.1. The fourth-order valence-electron chi connectivity index (χ4n) is 2.66. The zero-order valence-electron chi connectivity index (χ0n) is 10.9. The standard InChI is InChI=1S/C20H12/c1-2-8-17-14-18(13-12-15(17)6-1)20-11-5-9-16-7-3-4-10-19(16)20/h1-9,11-12,14H. The van der Waals surface area contributed by atoms with E-state index in [1.807, 2.05) is 12.1 Å². The molecular formula is C20H12. The molecule has 0 heterocycles. The molecule has 92 valence electrons. The van der Waals surface area contributed by atoms with Crippen LogP contribution in [0.2, 0.25) is 0 Å². The maximum absolute atomic E-state index is 3.40. The molecule has 0 nitrogen and oxygen atoms in total. The largest absolute Gasteiger partial charge is 0.0616 e. The summed E-state index contributed by atoms with van der Waals surface area (Å²) >= 11 is 0. The average molecular weight is 252 g/mol. The lowest BCUT2D eigenvalue weighted by Crippen LogP contribution is -1.82. The molecule has 0 aliphatic carbocycles. The third kappa shape index (κ3) is 1.78. The molecule has 0 spiro atoms. The molecular weight excluding hydrogens is 240 g/mol. The van der Waals surface area contributed by atoms with Crippen LogP contribution in [0.3, 0.4) is 0 Å². The minimum absolute atomic E-state index is 1.12. The SMILES string of the molecule is [c]1cc2ccccc2cc1-c1cccc2ccc[c]c12. The van der Waals surface area contributed by atoms with Gasteiger partial charge < -0.3 is 0 Å². The van der Waals surface area contributed by atoms with Crippen molar-refractivity contribution in [1.82, 2.24) is 0 Å². The van der Waals surface area contributed by atoms with Gasteiger partial charge in [-0.1, -0.05) is 60.7 Å². The van der Waals surface area contributed by atoms with Gasteiger partial charge in [-0.15, -0.1) is 0 Å². The van der Waals surface area contributed by atoms with E-state index in [4.69, 9.17) is 0 Å². The van der Waals surface area contributed by atoms with Crippen molar-refractivity contribution < 1.29 is 0 Å². The second-order valence-corrected chi connectivity index (χ2v) is 4.92. The first-order valence-electron chi connectivity index (χ1n) is 6.72. The molecule has 20 heavy (non-hydrogen) atoms. The summed E-state index contributed by atoms with van der Waals surface area (Å²) in [6.45, 7) is 0. The maximum atomic E-state index is 3.40. The van der Waals surface area contributed by atoms with Crippen molar-refractivity contribution >= 4 is 21.5 Å². The second-order valence-electron chi connectivity index (χ2n) is 4.92. The van der Waals surface area contributed by atoms with Crippen molar-refractivity contribution in [3.8, 4) is 11.1 Å². The Labute approximate surface area is 118 Å². The molecule has 0 amide bonds. The Balaban J connectivity index is 2.01. The number of fused-ring (bicyclic) bond motifs is 2. The molecule has 0 aliphatic heterocycles. The van der Waals surface area contributed by atoms with Crippen LogP contribution in [-0.4, -0.2) is 0 Å². The monoisotopic (exact) mass is 252 g/mol. The van der Waals surface area contributed by atoms with Gasteiger partial charge in [-0.05, 0) is 56.9 Å². The quantitative estimate of drug-likeness (QED) is 0.433. The Morgan fingerprint density at radius 3 is 2.40 bits per heavy atom. The van der Waals surface area contributed by atoms with E-state index in [2.05, 4.69) is 72.8 Å². The molecule has 0 unspecified atom stereocenters. The molecule has 2 radical (unpaired) electrons.